The molecule has 0 spiro atoms. The van der Waals surface area contributed by atoms with E-state index in [9.17, 15) is 4.79 Å². The van der Waals surface area contributed by atoms with Crippen LogP contribution in [-0.4, -0.2) is 12.5 Å². The third-order valence-electron chi connectivity index (χ3n) is 2.33. The number of carbonyl (C=O) groups is 1. The first-order valence-electron chi connectivity index (χ1n) is 4.96. The van der Waals surface area contributed by atoms with Crippen LogP contribution < -0.4 is 5.32 Å². The Hall–Kier alpha value is -1.77. The lowest BCUT2D eigenvalue weighted by Crippen LogP contribution is -2.15. The van der Waals surface area contributed by atoms with E-state index in [0.717, 1.165) is 5.56 Å². The number of nitrogens with one attached hydrogen (secondary N) is 1. The largest absolute Gasteiger partial charge is 0.488 e. The van der Waals surface area contributed by atoms with Gasteiger partial charge in [0.15, 0.2) is 0 Å². The summed E-state index contributed by atoms with van der Waals surface area (Å²) < 4.78 is 5.65. The Morgan fingerprint density at radius 2 is 2.07 bits per heavy atom. The molecule has 1 aliphatic heterocycles. The Morgan fingerprint density at radius 3 is 2.67 bits per heavy atom. The smallest absolute Gasteiger partial charge is 0.247 e. The molecule has 0 radical (unpaired) electrons. The third kappa shape index (κ3) is 2.37. The summed E-state index contributed by atoms with van der Waals surface area (Å²) >= 11 is 0. The van der Waals surface area contributed by atoms with Gasteiger partial charge in [-0.1, -0.05) is 30.3 Å². The molecule has 3 heteroatoms. The van der Waals surface area contributed by atoms with Crippen molar-refractivity contribution in [3.8, 4) is 0 Å². The van der Waals surface area contributed by atoms with Gasteiger partial charge in [-0.05, 0) is 12.5 Å². The van der Waals surface area contributed by atoms with Crippen LogP contribution in [-0.2, 0) is 9.53 Å². The van der Waals surface area contributed by atoms with Crippen molar-refractivity contribution in [1.82, 2.24) is 5.32 Å². The summed E-state index contributed by atoms with van der Waals surface area (Å²) in [6.45, 7) is 2.47. The molecule has 1 aliphatic rings. The van der Waals surface area contributed by atoms with Crippen LogP contribution in [0.1, 0.15) is 18.6 Å². The molecule has 1 aromatic carbocycles. The molecule has 78 valence electrons. The van der Waals surface area contributed by atoms with Crippen LogP contribution in [0.5, 0.6) is 0 Å². The van der Waals surface area contributed by atoms with E-state index in [1.807, 2.05) is 37.3 Å². The Kier molecular flexibility index (Phi) is 2.72. The van der Waals surface area contributed by atoms with Gasteiger partial charge in [-0.15, -0.1) is 0 Å². The summed E-state index contributed by atoms with van der Waals surface area (Å²) in [6, 6.07) is 9.93. The second-order valence-electron chi connectivity index (χ2n) is 3.50. The Labute approximate surface area is 88.8 Å². The first-order valence-corrected chi connectivity index (χ1v) is 4.96. The molecule has 0 fully saturated rings. The lowest BCUT2D eigenvalue weighted by atomic mass is 10.1. The van der Waals surface area contributed by atoms with Crippen molar-refractivity contribution >= 4 is 5.91 Å². The summed E-state index contributed by atoms with van der Waals surface area (Å²) in [5.74, 6) is 0.626. The fourth-order valence-electron chi connectivity index (χ4n) is 1.52. The fraction of sp³-hybridized carbons (Fsp3) is 0.250. The van der Waals surface area contributed by atoms with E-state index in [2.05, 4.69) is 5.32 Å². The highest BCUT2D eigenvalue weighted by Crippen LogP contribution is 2.20. The van der Waals surface area contributed by atoms with Crippen molar-refractivity contribution in [2.24, 2.45) is 0 Å². The lowest BCUT2D eigenvalue weighted by molar-refractivity contribution is -0.115. The van der Waals surface area contributed by atoms with Gasteiger partial charge < -0.3 is 10.1 Å². The average Bonchev–Trinajstić information content (AvgIpc) is 2.65. The van der Waals surface area contributed by atoms with Crippen LogP contribution in [0.25, 0.3) is 0 Å². The van der Waals surface area contributed by atoms with Gasteiger partial charge >= 0.3 is 0 Å². The van der Waals surface area contributed by atoms with E-state index in [0.29, 0.717) is 12.3 Å². The Morgan fingerprint density at radius 1 is 1.33 bits per heavy atom. The van der Waals surface area contributed by atoms with Crippen LogP contribution >= 0.6 is 0 Å². The highest BCUT2D eigenvalue weighted by molar-refractivity contribution is 5.90. The van der Waals surface area contributed by atoms with Crippen molar-refractivity contribution in [3.05, 3.63) is 47.7 Å². The van der Waals surface area contributed by atoms with E-state index < -0.39 is 0 Å². The monoisotopic (exact) mass is 203 g/mol. The van der Waals surface area contributed by atoms with E-state index in [1.165, 1.54) is 6.08 Å². The van der Waals surface area contributed by atoms with Crippen LogP contribution in [0.4, 0.5) is 0 Å². The van der Waals surface area contributed by atoms with E-state index >= 15 is 0 Å². The number of hydrogen-bond acceptors (Lipinski definition) is 2. The first kappa shape index (κ1) is 9.77. The third-order valence-corrected chi connectivity index (χ3v) is 2.33. The van der Waals surface area contributed by atoms with Gasteiger partial charge in [-0.25, -0.2) is 0 Å². The SMILES string of the molecule is CC(OC1=CC(=O)NC1)c1ccccc1. The van der Waals surface area contributed by atoms with Crippen molar-refractivity contribution < 1.29 is 9.53 Å². The zero-order chi connectivity index (χ0) is 10.7. The molecule has 0 saturated carbocycles. The molecule has 0 saturated heterocycles. The van der Waals surface area contributed by atoms with Gasteiger partial charge in [-0.2, -0.15) is 0 Å². The number of hydrogen-bond donors (Lipinski definition) is 1. The molecule has 0 bridgehead atoms. The van der Waals surface area contributed by atoms with Gasteiger partial charge in [0.2, 0.25) is 5.91 Å². The molecule has 1 aromatic rings. The highest BCUT2D eigenvalue weighted by Gasteiger charge is 2.15. The van der Waals surface area contributed by atoms with Crippen molar-refractivity contribution in [1.29, 1.82) is 0 Å². The molecule has 2 rings (SSSR count). The molecule has 1 heterocycles. The summed E-state index contributed by atoms with van der Waals surface area (Å²) in [5.41, 5.74) is 1.11. The molecular formula is C12H13NO2. The second kappa shape index (κ2) is 4.17. The van der Waals surface area contributed by atoms with Crippen molar-refractivity contribution in [2.75, 3.05) is 6.54 Å². The fourth-order valence-corrected chi connectivity index (χ4v) is 1.52. The minimum atomic E-state index is -0.0785. The van der Waals surface area contributed by atoms with Crippen molar-refractivity contribution in [2.45, 2.75) is 13.0 Å². The van der Waals surface area contributed by atoms with Crippen molar-refractivity contribution in [3.63, 3.8) is 0 Å². The molecular weight excluding hydrogens is 190 g/mol. The molecule has 1 unspecified atom stereocenters. The molecule has 0 aromatic heterocycles. The van der Waals surface area contributed by atoms with Gasteiger partial charge in [0, 0.05) is 6.08 Å². The zero-order valence-corrected chi connectivity index (χ0v) is 8.57. The molecule has 1 atom stereocenters. The highest BCUT2D eigenvalue weighted by atomic mass is 16.5. The van der Waals surface area contributed by atoms with Gasteiger partial charge in [0.25, 0.3) is 0 Å². The molecule has 0 aliphatic carbocycles. The van der Waals surface area contributed by atoms with E-state index in [1.54, 1.807) is 0 Å². The van der Waals surface area contributed by atoms with E-state index in [-0.39, 0.29) is 12.0 Å². The molecule has 15 heavy (non-hydrogen) atoms. The Balaban J connectivity index is 2.01. The summed E-state index contributed by atoms with van der Waals surface area (Å²) in [6.07, 6.45) is 1.48. The second-order valence-corrected chi connectivity index (χ2v) is 3.50. The maximum absolute atomic E-state index is 10.9. The average molecular weight is 203 g/mol. The van der Waals surface area contributed by atoms with Gasteiger partial charge in [0.1, 0.15) is 11.9 Å². The number of ether oxygens (including phenoxy) is 1. The number of carbonyl (C=O) groups excluding carboxylic acids is 1. The lowest BCUT2D eigenvalue weighted by Gasteiger charge is -2.15. The van der Waals surface area contributed by atoms with Crippen LogP contribution in [0.3, 0.4) is 0 Å². The standard InChI is InChI=1S/C12H13NO2/c1-9(10-5-3-2-4-6-10)15-11-7-12(14)13-8-11/h2-7,9H,8H2,1H3,(H,13,14). The minimum absolute atomic E-state index is 0.0230. The van der Waals surface area contributed by atoms with Crippen LogP contribution in [0, 0.1) is 0 Å². The number of benzene rings is 1. The predicted molar refractivity (Wildman–Crippen MR) is 57.0 cm³/mol. The number of rotatable bonds is 3. The summed E-state index contributed by atoms with van der Waals surface area (Å²) in [5, 5.41) is 2.67. The van der Waals surface area contributed by atoms with Crippen LogP contribution in [0.15, 0.2) is 42.2 Å². The maximum Gasteiger partial charge on any atom is 0.247 e. The topological polar surface area (TPSA) is 38.3 Å². The Bertz CT molecular complexity index is 384. The molecule has 1 N–H and O–H groups in total. The predicted octanol–water partition coefficient (Wildman–Crippen LogP) is 1.78. The quantitative estimate of drug-likeness (QED) is 0.813. The van der Waals surface area contributed by atoms with Crippen LogP contribution in [0.2, 0.25) is 0 Å². The molecule has 3 nitrogen and oxygen atoms in total. The van der Waals surface area contributed by atoms with Gasteiger partial charge in [0.05, 0.1) is 6.54 Å². The first-order chi connectivity index (χ1) is 7.25. The number of amides is 1. The zero-order valence-electron chi connectivity index (χ0n) is 8.57. The van der Waals surface area contributed by atoms with E-state index in [4.69, 9.17) is 4.74 Å². The minimum Gasteiger partial charge on any atom is -0.488 e. The molecule has 1 amide bonds. The maximum atomic E-state index is 10.9. The summed E-state index contributed by atoms with van der Waals surface area (Å²) in [7, 11) is 0. The normalized spacial score (nSPS) is 16.9. The van der Waals surface area contributed by atoms with Gasteiger partial charge in [-0.3, -0.25) is 4.79 Å². The summed E-state index contributed by atoms with van der Waals surface area (Å²) in [4.78, 5) is 10.9.